The van der Waals surface area contributed by atoms with E-state index in [9.17, 15) is 0 Å². The topological polar surface area (TPSA) is 12.9 Å². The molecule has 0 unspecified atom stereocenters. The molecule has 1 aromatic rings. The summed E-state index contributed by atoms with van der Waals surface area (Å²) in [5.74, 6) is 0. The van der Waals surface area contributed by atoms with Crippen molar-refractivity contribution < 1.29 is 0 Å². The number of hydrogen-bond donors (Lipinski definition) is 0. The van der Waals surface area contributed by atoms with E-state index in [2.05, 4.69) is 72.2 Å². The fraction of sp³-hybridized carbons (Fsp3) is 0.167. The first-order valence-corrected chi connectivity index (χ1v) is 5.88. The van der Waals surface area contributed by atoms with Crippen LogP contribution in [0.2, 0.25) is 0 Å². The molecule has 1 rings (SSSR count). The second-order valence-corrected chi connectivity index (χ2v) is 4.68. The molecule has 0 atom stereocenters. The molecule has 0 aliphatic heterocycles. The molecule has 1 nitrogen and oxygen atoms in total. The Morgan fingerprint density at radius 3 is 2.70 bits per heavy atom. The van der Waals surface area contributed by atoms with Gasteiger partial charge in [0.05, 0.1) is 5.69 Å². The second kappa shape index (κ2) is 4.20. The highest BCUT2D eigenvalue weighted by atomic mass is 127. The Morgan fingerprint density at radius 1 is 1.50 bits per heavy atom. The Hall–Kier alpha value is 1.09. The van der Waals surface area contributed by atoms with Crippen molar-refractivity contribution in [1.29, 1.82) is 0 Å². The maximum atomic E-state index is 4.23. The molecule has 0 aromatic carbocycles. The quantitative estimate of drug-likeness (QED) is 0.499. The zero-order valence-electron chi connectivity index (χ0n) is 4.94. The highest BCUT2D eigenvalue weighted by Crippen LogP contribution is 2.15. The van der Waals surface area contributed by atoms with Crippen molar-refractivity contribution in [2.24, 2.45) is 0 Å². The molecule has 0 aliphatic carbocycles. The van der Waals surface area contributed by atoms with Gasteiger partial charge in [0.1, 0.15) is 0 Å². The van der Waals surface area contributed by atoms with Crippen molar-refractivity contribution in [3.8, 4) is 0 Å². The zero-order chi connectivity index (χ0) is 7.56. The Kier molecular flexibility index (Phi) is 3.86. The number of nitrogens with zero attached hydrogens (tertiary/aromatic N) is 1. The summed E-state index contributed by atoms with van der Waals surface area (Å²) in [5.41, 5.74) is 1.11. The number of halogens is 3. The van der Waals surface area contributed by atoms with Crippen molar-refractivity contribution >= 4 is 61.1 Å². The summed E-state index contributed by atoms with van der Waals surface area (Å²) in [5, 5.41) is 0.836. The second-order valence-electron chi connectivity index (χ2n) is 1.72. The van der Waals surface area contributed by atoms with Crippen LogP contribution in [0.3, 0.4) is 0 Å². The third-order valence-electron chi connectivity index (χ3n) is 1.01. The molecule has 54 valence electrons. The van der Waals surface area contributed by atoms with Gasteiger partial charge in [-0.15, -0.1) is 0 Å². The van der Waals surface area contributed by atoms with E-state index in [0.717, 1.165) is 11.0 Å². The lowest BCUT2D eigenvalue weighted by atomic mass is 10.4. The van der Waals surface area contributed by atoms with Crippen LogP contribution in [-0.2, 0) is 5.33 Å². The molecule has 1 heterocycles. The molecule has 0 fully saturated rings. The highest BCUT2D eigenvalue weighted by Gasteiger charge is 1.98. The molecule has 0 saturated heterocycles. The van der Waals surface area contributed by atoms with E-state index < -0.39 is 0 Å². The molecule has 1 aromatic heterocycles. The van der Waals surface area contributed by atoms with E-state index in [4.69, 9.17) is 0 Å². The summed E-state index contributed by atoms with van der Waals surface area (Å²) >= 11 is 7.91. The number of aromatic nitrogens is 1. The van der Waals surface area contributed by atoms with Crippen LogP contribution >= 0.6 is 61.1 Å². The van der Waals surface area contributed by atoms with Crippen molar-refractivity contribution in [1.82, 2.24) is 4.98 Å². The molecular formula is C6H4BrI2N. The van der Waals surface area contributed by atoms with Crippen LogP contribution in [0.1, 0.15) is 5.69 Å². The highest BCUT2D eigenvalue weighted by molar-refractivity contribution is 14.1. The Morgan fingerprint density at radius 2 is 2.20 bits per heavy atom. The average molecular weight is 424 g/mol. The number of pyridine rings is 1. The van der Waals surface area contributed by atoms with Crippen LogP contribution in [0.25, 0.3) is 0 Å². The molecule has 4 heteroatoms. The molecule has 0 N–H and O–H groups in total. The van der Waals surface area contributed by atoms with Gasteiger partial charge in [-0.25, -0.2) is 0 Å². The maximum Gasteiger partial charge on any atom is 0.0643 e. The summed E-state index contributed by atoms with van der Waals surface area (Å²) in [7, 11) is 0. The van der Waals surface area contributed by atoms with Gasteiger partial charge in [0, 0.05) is 18.7 Å². The van der Waals surface area contributed by atoms with Crippen LogP contribution in [0.5, 0.6) is 0 Å². The van der Waals surface area contributed by atoms with Crippen molar-refractivity contribution in [3.63, 3.8) is 0 Å². The predicted octanol–water partition coefficient (Wildman–Crippen LogP) is 3.19. The predicted molar refractivity (Wildman–Crippen MR) is 62.3 cm³/mol. The molecule has 0 bridgehead atoms. The fourth-order valence-electron chi connectivity index (χ4n) is 0.541. The fourth-order valence-corrected chi connectivity index (χ4v) is 3.22. The van der Waals surface area contributed by atoms with Gasteiger partial charge in [-0.2, -0.15) is 0 Å². The minimum absolute atomic E-state index is 0.836. The summed E-state index contributed by atoms with van der Waals surface area (Å²) < 4.78 is 2.41. The Balaban J connectivity index is 3.07. The van der Waals surface area contributed by atoms with E-state index in [0.29, 0.717) is 0 Å². The van der Waals surface area contributed by atoms with Gasteiger partial charge in [-0.3, -0.25) is 4.98 Å². The third-order valence-corrected chi connectivity index (χ3v) is 3.07. The van der Waals surface area contributed by atoms with E-state index in [1.165, 1.54) is 7.14 Å². The third kappa shape index (κ3) is 2.30. The molecular weight excluding hydrogens is 420 g/mol. The van der Waals surface area contributed by atoms with Crippen molar-refractivity contribution in [2.45, 2.75) is 5.33 Å². The number of rotatable bonds is 1. The monoisotopic (exact) mass is 423 g/mol. The number of hydrogen-bond acceptors (Lipinski definition) is 1. The molecule has 0 radical (unpaired) electrons. The molecule has 0 aliphatic rings. The van der Waals surface area contributed by atoms with Gasteiger partial charge in [0.2, 0.25) is 0 Å². The van der Waals surface area contributed by atoms with Gasteiger partial charge in [0.15, 0.2) is 0 Å². The van der Waals surface area contributed by atoms with Gasteiger partial charge < -0.3 is 0 Å². The van der Waals surface area contributed by atoms with Gasteiger partial charge in [0.25, 0.3) is 0 Å². The van der Waals surface area contributed by atoms with Gasteiger partial charge in [-0.1, -0.05) is 15.9 Å². The lowest BCUT2D eigenvalue weighted by Gasteiger charge is -1.97. The zero-order valence-corrected chi connectivity index (χ0v) is 10.8. The van der Waals surface area contributed by atoms with Crippen LogP contribution in [-0.4, -0.2) is 4.98 Å². The summed E-state index contributed by atoms with van der Waals surface area (Å²) in [6.45, 7) is 0. The number of alkyl halides is 1. The molecule has 0 saturated carbocycles. The maximum absolute atomic E-state index is 4.23. The minimum Gasteiger partial charge on any atom is -0.258 e. The lowest BCUT2D eigenvalue weighted by molar-refractivity contribution is 1.15. The van der Waals surface area contributed by atoms with Crippen LogP contribution in [0.4, 0.5) is 0 Å². The summed E-state index contributed by atoms with van der Waals surface area (Å²) in [6, 6.07) is 2.12. The summed E-state index contributed by atoms with van der Waals surface area (Å²) in [4.78, 5) is 4.23. The molecule has 10 heavy (non-hydrogen) atoms. The van der Waals surface area contributed by atoms with E-state index in [-0.39, 0.29) is 0 Å². The first-order valence-electron chi connectivity index (χ1n) is 2.60. The normalized spacial score (nSPS) is 9.90. The van der Waals surface area contributed by atoms with Crippen LogP contribution in [0, 0.1) is 7.14 Å². The van der Waals surface area contributed by atoms with E-state index in [1.54, 1.807) is 0 Å². The standard InChI is InChI=1S/C6H4BrI2N/c7-2-6-5(9)1-4(8)3-10-6/h1,3H,2H2. The van der Waals surface area contributed by atoms with Crippen molar-refractivity contribution in [2.75, 3.05) is 0 Å². The largest absolute Gasteiger partial charge is 0.258 e. The Bertz CT molecular complexity index is 239. The SMILES string of the molecule is BrCc1ncc(I)cc1I. The van der Waals surface area contributed by atoms with Gasteiger partial charge in [-0.05, 0) is 51.2 Å². The minimum atomic E-state index is 0.836. The molecule has 0 spiro atoms. The van der Waals surface area contributed by atoms with Crippen LogP contribution in [0.15, 0.2) is 12.3 Å². The summed E-state index contributed by atoms with van der Waals surface area (Å²) in [6.07, 6.45) is 1.87. The van der Waals surface area contributed by atoms with Gasteiger partial charge >= 0.3 is 0 Å². The average Bonchev–Trinajstić information content (AvgIpc) is 1.88. The van der Waals surface area contributed by atoms with Crippen molar-refractivity contribution in [3.05, 3.63) is 25.1 Å². The smallest absolute Gasteiger partial charge is 0.0643 e. The Labute approximate surface area is 95.4 Å². The van der Waals surface area contributed by atoms with E-state index in [1.807, 2.05) is 6.20 Å². The first kappa shape index (κ1) is 9.18. The van der Waals surface area contributed by atoms with Crippen LogP contribution < -0.4 is 0 Å². The van der Waals surface area contributed by atoms with E-state index >= 15 is 0 Å². The molecule has 0 amide bonds. The first-order chi connectivity index (χ1) is 4.74. The lowest BCUT2D eigenvalue weighted by Crippen LogP contribution is -1.89.